The van der Waals surface area contributed by atoms with Crippen LogP contribution < -0.4 is 15.3 Å². The number of unbranched alkanes of at least 4 members (excludes halogenated alkanes) is 8. The van der Waals surface area contributed by atoms with E-state index in [2.05, 4.69) is 72.3 Å². The van der Waals surface area contributed by atoms with Crippen LogP contribution in [0.1, 0.15) is 161 Å². The molecule has 4 aromatic heterocycles. The molecule has 15 N–H and O–H groups in total. The van der Waals surface area contributed by atoms with Gasteiger partial charge < -0.3 is 110 Å². The smallest absolute Gasteiger partial charge is 0.232 e. The molecule has 0 saturated carbocycles. The summed E-state index contributed by atoms with van der Waals surface area (Å²) in [6.07, 6.45) is 0.326. The molecule has 4 fully saturated rings. The first kappa shape index (κ1) is 88.2. The van der Waals surface area contributed by atoms with Crippen LogP contribution in [0, 0.1) is 17.3 Å². The largest absolute Gasteiger partial charge is 0.394 e. The fourth-order valence-electron chi connectivity index (χ4n) is 14.2. The van der Waals surface area contributed by atoms with Gasteiger partial charge in [0.05, 0.1) is 62.3 Å². The van der Waals surface area contributed by atoms with E-state index in [1.54, 1.807) is 13.8 Å². The molecule has 8 heterocycles. The lowest BCUT2D eigenvalue weighted by atomic mass is 9.82. The summed E-state index contributed by atoms with van der Waals surface area (Å²) < 4.78 is 54.2. The maximum atomic E-state index is 12.0. The predicted octanol–water partition coefficient (Wildman–Crippen LogP) is -2.84. The van der Waals surface area contributed by atoms with Crippen LogP contribution in [0.25, 0.3) is 0 Å². The zero-order chi connectivity index (χ0) is 78.0. The van der Waals surface area contributed by atoms with Gasteiger partial charge in [-0.2, -0.15) is 4.68 Å². The zero-order valence-corrected chi connectivity index (χ0v) is 63.6. The van der Waals surface area contributed by atoms with Crippen molar-refractivity contribution in [2.45, 2.75) is 307 Å². The molecular formula is C70H123N16O22+. The van der Waals surface area contributed by atoms with Crippen LogP contribution in [0.2, 0.25) is 0 Å². The van der Waals surface area contributed by atoms with Gasteiger partial charge in [-0.05, 0) is 102 Å². The lowest BCUT2D eigenvalue weighted by molar-refractivity contribution is -0.754. The maximum absolute atomic E-state index is 12.0. The number of nitrogens with zero attached hydrogens (tertiary/aromatic N) is 13. The van der Waals surface area contributed by atoms with E-state index in [4.69, 9.17) is 48.1 Å². The van der Waals surface area contributed by atoms with Crippen molar-refractivity contribution in [1.82, 2.24) is 75.7 Å². The van der Waals surface area contributed by atoms with Gasteiger partial charge in [0.15, 0.2) is 31.4 Å². The van der Waals surface area contributed by atoms with Crippen LogP contribution in [0.15, 0.2) is 24.8 Å². The SMILES string of the molecule is CC(=O)N[C@H]1[C@H](OCCCCCn2cc(CN(CCCC(N(Cc3cn(CCCCCO[C@@H]4O[C@H](CO)[C@H](O)[C@H](O)[C@H]4C)nn3)Cc3c[n+](CCCCCO[C@@H]4O[C@H](CO)[C@H](O)[C@H](O)[C@H]4NC(C)=O)[nH]n3)C(C)(C)C)Cc3cn(CCCCCO[C@@H]4O[C@H](CO)[C@H](O)[C@H](O)[C@H]4C)nn3)nn2)O[C@H](CO)[C@H](O)[C@@H]1O. The molecule has 2 amide bonds. The Bertz CT molecular complexity index is 3200. The Kier molecular flexibility index (Phi) is 36.1. The monoisotopic (exact) mass is 1540 g/mol. The van der Waals surface area contributed by atoms with Gasteiger partial charge in [0.1, 0.15) is 79.7 Å². The second kappa shape index (κ2) is 44.2. The molecule has 8 rings (SSSR count). The molecule has 4 aromatic rings. The van der Waals surface area contributed by atoms with E-state index in [1.165, 1.54) is 13.8 Å². The van der Waals surface area contributed by atoms with Gasteiger partial charge in [-0.15, -0.1) is 15.3 Å². The molecule has 38 nitrogen and oxygen atoms in total. The van der Waals surface area contributed by atoms with E-state index in [-0.39, 0.29) is 24.7 Å². The molecule has 1 unspecified atom stereocenters. The highest BCUT2D eigenvalue weighted by Crippen LogP contribution is 2.33. The number of H-pyrrole nitrogens is 1. The van der Waals surface area contributed by atoms with E-state index in [0.29, 0.717) is 97.8 Å². The van der Waals surface area contributed by atoms with Crippen LogP contribution in [0.4, 0.5) is 0 Å². The third-order valence-corrected chi connectivity index (χ3v) is 20.4. The molecule has 0 aromatic carbocycles. The first-order valence-corrected chi connectivity index (χ1v) is 38.4. The summed E-state index contributed by atoms with van der Waals surface area (Å²) in [7, 11) is 0. The summed E-state index contributed by atoms with van der Waals surface area (Å²) >= 11 is 0. The number of hydrogen-bond acceptors (Lipinski definition) is 31. The van der Waals surface area contributed by atoms with Crippen molar-refractivity contribution in [3.63, 3.8) is 0 Å². The fraction of sp³-hybridized carbons (Fsp3) is 0.857. The molecule has 4 aliphatic heterocycles. The van der Waals surface area contributed by atoms with E-state index in [9.17, 15) is 70.9 Å². The van der Waals surface area contributed by atoms with E-state index < -0.39 is 161 Å². The molecule has 0 spiro atoms. The number of amides is 2. The third-order valence-electron chi connectivity index (χ3n) is 20.4. The van der Waals surface area contributed by atoms with Crippen molar-refractivity contribution in [3.05, 3.63) is 47.6 Å². The van der Waals surface area contributed by atoms with Crippen LogP contribution in [0.3, 0.4) is 0 Å². The fourth-order valence-corrected chi connectivity index (χ4v) is 14.2. The summed E-state index contributed by atoms with van der Waals surface area (Å²) in [6, 6.07) is -2.07. The number of aromatic nitrogens is 12. The Morgan fingerprint density at radius 3 is 1.25 bits per heavy atom. The summed E-state index contributed by atoms with van der Waals surface area (Å²) in [4.78, 5) is 28.6. The molecule has 614 valence electrons. The molecule has 4 aliphatic rings. The van der Waals surface area contributed by atoms with Gasteiger partial charge in [-0.25, -0.2) is 0 Å². The van der Waals surface area contributed by atoms with Crippen molar-refractivity contribution in [2.75, 3.05) is 59.4 Å². The molecule has 38 heteroatoms. The molecule has 108 heavy (non-hydrogen) atoms. The number of carbonyl (C=O) groups excluding carboxylic acids is 2. The normalized spacial score (nSPS) is 29.5. The molecular weight excluding hydrogens is 1420 g/mol. The lowest BCUT2D eigenvalue weighted by Crippen LogP contribution is -2.64. The van der Waals surface area contributed by atoms with Crippen LogP contribution in [-0.4, -0.2) is 314 Å². The number of aromatic amines is 1. The van der Waals surface area contributed by atoms with Gasteiger partial charge in [0, 0.05) is 121 Å². The highest BCUT2D eigenvalue weighted by atomic mass is 16.7. The first-order valence-electron chi connectivity index (χ1n) is 38.4. The quantitative estimate of drug-likeness (QED) is 0.0156. The highest BCUT2D eigenvalue weighted by molar-refractivity contribution is 5.73. The average molecular weight is 1540 g/mol. The number of aryl methyl sites for hydroxylation is 4. The topological polar surface area (TPSA) is 506 Å². The van der Waals surface area contributed by atoms with Crippen molar-refractivity contribution < 1.29 is 113 Å². The predicted molar refractivity (Wildman–Crippen MR) is 378 cm³/mol. The number of aliphatic hydroxyl groups is 12. The van der Waals surface area contributed by atoms with Crippen LogP contribution in [0.5, 0.6) is 0 Å². The summed E-state index contributed by atoms with van der Waals surface area (Å²) in [5.74, 6) is -1.83. The zero-order valence-electron chi connectivity index (χ0n) is 63.6. The number of ether oxygens (including phenoxy) is 8. The lowest BCUT2D eigenvalue weighted by Gasteiger charge is -2.42. The van der Waals surface area contributed by atoms with Crippen molar-refractivity contribution in [1.29, 1.82) is 0 Å². The molecule has 4 saturated heterocycles. The van der Waals surface area contributed by atoms with Crippen molar-refractivity contribution in [3.8, 4) is 0 Å². The Morgan fingerprint density at radius 2 is 0.861 bits per heavy atom. The van der Waals surface area contributed by atoms with Crippen LogP contribution in [-0.2, 0) is 99.8 Å². The van der Waals surface area contributed by atoms with E-state index in [0.717, 1.165) is 87.0 Å². The first-order chi connectivity index (χ1) is 51.8. The minimum Gasteiger partial charge on any atom is -0.394 e. The summed E-state index contributed by atoms with van der Waals surface area (Å²) in [6.45, 7) is 16.9. The van der Waals surface area contributed by atoms with Gasteiger partial charge in [-0.1, -0.05) is 55.5 Å². The Hall–Kier alpha value is -5.38. The Morgan fingerprint density at radius 1 is 0.500 bits per heavy atom. The standard InChI is InChI=1S/C70H122N16O22/c1-43-58(93)60(95)51(39-87)105-66(43)101-27-16-8-12-23-83-35-47(73-77-83)31-81(32-48-36-84(78-74-48)24-14-10-18-29-103-68-56(71-45(3)91)64(99)62(97)53(41-89)107-68)22-20-21-55(70(5,6)7)82(33-49-37-85(79-75-49)25-13-9-17-28-102-67-44(2)59(94)61(96)52(40-88)106-67)34-50-38-86(80-76-50)26-15-11-19-30-104-69-57(72-46(4)92)65(100)63(98)54(42-90)108-69/h35-38,43-44,51-69,87-90,93-100H,8-34,39-42H2,1-7H3,(H2,71,72,91,92)/p+1/t43-,44-,51-,52-,53-,54-,55?,56-,57-,58-,59-,60+,61+,62+,63+,64-,65-,66-,67-,68-,69-/m1/s1. The second-order valence-electron chi connectivity index (χ2n) is 30.3. The molecule has 21 atom stereocenters. The molecule has 0 bridgehead atoms. The second-order valence-corrected chi connectivity index (χ2v) is 30.3. The Labute approximate surface area is 630 Å². The number of hydrogen-bond donors (Lipinski definition) is 15. The molecule has 0 aliphatic carbocycles. The number of rotatable bonds is 47. The maximum Gasteiger partial charge on any atom is 0.232 e. The van der Waals surface area contributed by atoms with Gasteiger partial charge in [0.25, 0.3) is 0 Å². The minimum atomic E-state index is -1.41. The van der Waals surface area contributed by atoms with E-state index >= 15 is 0 Å². The van der Waals surface area contributed by atoms with Crippen molar-refractivity contribution >= 4 is 11.8 Å². The van der Waals surface area contributed by atoms with E-state index in [1.807, 2.05) is 43.5 Å². The van der Waals surface area contributed by atoms with Gasteiger partial charge in [0.2, 0.25) is 17.5 Å². The minimum absolute atomic E-state index is 0.0168. The number of aliphatic hydroxyl groups excluding tert-OH is 12. The highest BCUT2D eigenvalue weighted by Gasteiger charge is 2.48. The summed E-state index contributed by atoms with van der Waals surface area (Å²) in [5.41, 5.74) is 2.87. The van der Waals surface area contributed by atoms with Gasteiger partial charge >= 0.3 is 0 Å². The number of carbonyl (C=O) groups is 2. The van der Waals surface area contributed by atoms with Crippen LogP contribution >= 0.6 is 0 Å². The Balaban J connectivity index is 0.908. The average Bonchev–Trinajstić information content (AvgIpc) is 1.15. The molecule has 0 radical (unpaired) electrons. The third kappa shape index (κ3) is 26.4. The number of nitrogens with one attached hydrogen (secondary N) is 3. The van der Waals surface area contributed by atoms with Gasteiger partial charge in [-0.3, -0.25) is 33.4 Å². The summed E-state index contributed by atoms with van der Waals surface area (Å²) in [5, 5.41) is 163. The van der Waals surface area contributed by atoms with Crippen molar-refractivity contribution in [2.24, 2.45) is 17.3 Å².